The van der Waals surface area contributed by atoms with Crippen LogP contribution < -0.4 is 10.6 Å². The van der Waals surface area contributed by atoms with Crippen LogP contribution in [-0.4, -0.2) is 35.6 Å². The Morgan fingerprint density at radius 1 is 1.14 bits per heavy atom. The van der Waals surface area contributed by atoms with Crippen LogP contribution in [-0.2, 0) is 20.8 Å². The van der Waals surface area contributed by atoms with Gasteiger partial charge in [-0.3, -0.25) is 14.4 Å². The Labute approximate surface area is 135 Å². The molecule has 1 aromatic rings. The Hall–Kier alpha value is -1.88. The monoisotopic (exact) mass is 324 g/mol. The molecule has 0 heterocycles. The van der Waals surface area contributed by atoms with Crippen molar-refractivity contribution in [2.45, 2.75) is 38.8 Å². The molecule has 120 valence electrons. The zero-order chi connectivity index (χ0) is 16.5. The summed E-state index contributed by atoms with van der Waals surface area (Å²) in [5.74, 6) is -0.600. The van der Waals surface area contributed by atoms with Crippen LogP contribution in [0.3, 0.4) is 0 Å². The second-order valence-electron chi connectivity index (χ2n) is 5.08. The van der Waals surface area contributed by atoms with Crippen LogP contribution in [0.15, 0.2) is 30.3 Å². The molecule has 0 aliphatic rings. The molecule has 2 atom stereocenters. The highest BCUT2D eigenvalue weighted by molar-refractivity contribution is 6.19. The Kier molecular flexibility index (Phi) is 7.60. The molecule has 0 aliphatic carbocycles. The summed E-state index contributed by atoms with van der Waals surface area (Å²) in [5, 5.41) is 5.19. The third-order valence-corrected chi connectivity index (χ3v) is 3.33. The highest BCUT2D eigenvalue weighted by Crippen LogP contribution is 2.06. The molecule has 0 saturated carbocycles. The predicted molar refractivity (Wildman–Crippen MR) is 85.7 cm³/mol. The van der Waals surface area contributed by atoms with Crippen molar-refractivity contribution in [2.75, 3.05) is 5.88 Å². The number of Topliss-reactive ketones (excluding diaryl/α,β-unsaturated/α-hetero) is 1. The molecule has 1 rings (SSSR count). The highest BCUT2D eigenvalue weighted by atomic mass is 35.5. The van der Waals surface area contributed by atoms with Crippen molar-refractivity contribution in [3.05, 3.63) is 35.9 Å². The maximum absolute atomic E-state index is 12.1. The third kappa shape index (κ3) is 6.26. The standard InChI is InChI=1S/C16H21ClN2O3/c1-11(18-12(2)20)16(22)19-14(15(21)8-9-17)10-13-6-4-3-5-7-13/h3-7,11,14H,8-10H2,1-2H3,(H,18,20)(H,19,22)/t11-,14-/m0/s1. The SMILES string of the molecule is CC(=O)N[C@@H](C)C(=O)N[C@@H](Cc1ccccc1)C(=O)CCCl. The quantitative estimate of drug-likeness (QED) is 0.710. The molecule has 6 heteroatoms. The van der Waals surface area contributed by atoms with Crippen molar-refractivity contribution in [3.63, 3.8) is 0 Å². The van der Waals surface area contributed by atoms with E-state index >= 15 is 0 Å². The van der Waals surface area contributed by atoms with E-state index in [2.05, 4.69) is 10.6 Å². The molecule has 0 fully saturated rings. The number of halogens is 1. The van der Waals surface area contributed by atoms with Crippen LogP contribution in [0.4, 0.5) is 0 Å². The van der Waals surface area contributed by atoms with Gasteiger partial charge in [-0.05, 0) is 18.9 Å². The summed E-state index contributed by atoms with van der Waals surface area (Å²) in [6, 6.07) is 8.08. The van der Waals surface area contributed by atoms with Gasteiger partial charge in [0.25, 0.3) is 0 Å². The Balaban J connectivity index is 2.75. The third-order valence-electron chi connectivity index (χ3n) is 3.14. The lowest BCUT2D eigenvalue weighted by atomic mass is 10.0. The van der Waals surface area contributed by atoms with Crippen LogP contribution in [0.5, 0.6) is 0 Å². The lowest BCUT2D eigenvalue weighted by Gasteiger charge is -2.20. The number of amides is 2. The second kappa shape index (κ2) is 9.20. The molecule has 0 aromatic heterocycles. The zero-order valence-corrected chi connectivity index (χ0v) is 13.5. The van der Waals surface area contributed by atoms with Crippen LogP contribution in [0, 0.1) is 0 Å². The molecule has 0 unspecified atom stereocenters. The van der Waals surface area contributed by atoms with E-state index in [1.165, 1.54) is 6.92 Å². The number of carbonyl (C=O) groups is 3. The first kappa shape index (κ1) is 18.2. The van der Waals surface area contributed by atoms with Crippen LogP contribution in [0.25, 0.3) is 0 Å². The normalized spacial score (nSPS) is 13.0. The van der Waals surface area contributed by atoms with Gasteiger partial charge in [-0.1, -0.05) is 30.3 Å². The van der Waals surface area contributed by atoms with Gasteiger partial charge in [0.15, 0.2) is 5.78 Å². The first-order chi connectivity index (χ1) is 10.4. The van der Waals surface area contributed by atoms with Gasteiger partial charge in [-0.25, -0.2) is 0 Å². The minimum atomic E-state index is -0.695. The maximum Gasteiger partial charge on any atom is 0.242 e. The van der Waals surface area contributed by atoms with E-state index in [1.54, 1.807) is 6.92 Å². The minimum absolute atomic E-state index is 0.123. The Morgan fingerprint density at radius 3 is 2.32 bits per heavy atom. The Morgan fingerprint density at radius 2 is 1.77 bits per heavy atom. The number of nitrogens with one attached hydrogen (secondary N) is 2. The summed E-state index contributed by atoms with van der Waals surface area (Å²) in [6.07, 6.45) is 0.586. The number of alkyl halides is 1. The molecule has 0 spiro atoms. The average Bonchev–Trinajstić information content (AvgIpc) is 2.47. The van der Waals surface area contributed by atoms with Gasteiger partial charge in [0.05, 0.1) is 6.04 Å². The smallest absolute Gasteiger partial charge is 0.242 e. The molecule has 0 bridgehead atoms. The average molecular weight is 325 g/mol. The first-order valence-electron chi connectivity index (χ1n) is 7.14. The number of benzene rings is 1. The van der Waals surface area contributed by atoms with Crippen molar-refractivity contribution in [2.24, 2.45) is 0 Å². The van der Waals surface area contributed by atoms with Gasteiger partial charge in [0, 0.05) is 19.2 Å². The van der Waals surface area contributed by atoms with E-state index in [9.17, 15) is 14.4 Å². The lowest BCUT2D eigenvalue weighted by Crippen LogP contribution is -2.50. The highest BCUT2D eigenvalue weighted by Gasteiger charge is 2.23. The molecule has 0 aliphatic heterocycles. The lowest BCUT2D eigenvalue weighted by molar-refractivity contribution is -0.130. The van der Waals surface area contributed by atoms with Gasteiger partial charge in [-0.15, -0.1) is 11.6 Å². The number of rotatable bonds is 8. The molecular weight excluding hydrogens is 304 g/mol. The summed E-state index contributed by atoms with van der Waals surface area (Å²) in [4.78, 5) is 35.2. The van der Waals surface area contributed by atoms with Crippen LogP contribution >= 0.6 is 11.6 Å². The zero-order valence-electron chi connectivity index (χ0n) is 12.8. The van der Waals surface area contributed by atoms with Crippen molar-refractivity contribution >= 4 is 29.2 Å². The van der Waals surface area contributed by atoms with Crippen molar-refractivity contribution in [1.82, 2.24) is 10.6 Å². The molecule has 5 nitrogen and oxygen atoms in total. The number of hydrogen-bond donors (Lipinski definition) is 2. The molecule has 0 saturated heterocycles. The fourth-order valence-corrected chi connectivity index (χ4v) is 2.22. The van der Waals surface area contributed by atoms with E-state index < -0.39 is 12.1 Å². The summed E-state index contributed by atoms with van der Waals surface area (Å²) < 4.78 is 0. The second-order valence-corrected chi connectivity index (χ2v) is 5.46. The van der Waals surface area contributed by atoms with Gasteiger partial charge in [0.1, 0.15) is 6.04 Å². The van der Waals surface area contributed by atoms with Gasteiger partial charge in [-0.2, -0.15) is 0 Å². The van der Waals surface area contributed by atoms with Crippen molar-refractivity contribution in [3.8, 4) is 0 Å². The largest absolute Gasteiger partial charge is 0.345 e. The summed E-state index contributed by atoms with van der Waals surface area (Å²) >= 11 is 5.62. The summed E-state index contributed by atoms with van der Waals surface area (Å²) in [7, 11) is 0. The fourth-order valence-electron chi connectivity index (χ4n) is 2.03. The van der Waals surface area contributed by atoms with Crippen molar-refractivity contribution in [1.29, 1.82) is 0 Å². The summed E-state index contributed by atoms with van der Waals surface area (Å²) in [5.41, 5.74) is 0.947. The first-order valence-corrected chi connectivity index (χ1v) is 7.67. The predicted octanol–water partition coefficient (Wildman–Crippen LogP) is 1.44. The van der Waals surface area contributed by atoms with Crippen LogP contribution in [0.1, 0.15) is 25.8 Å². The number of ketones is 1. The van der Waals surface area contributed by atoms with E-state index in [1.807, 2.05) is 30.3 Å². The van der Waals surface area contributed by atoms with Gasteiger partial charge in [0.2, 0.25) is 11.8 Å². The molecule has 22 heavy (non-hydrogen) atoms. The molecule has 2 amide bonds. The summed E-state index contributed by atoms with van der Waals surface area (Å²) in [6.45, 7) is 2.91. The minimum Gasteiger partial charge on any atom is -0.345 e. The molecular formula is C16H21ClN2O3. The topological polar surface area (TPSA) is 75.3 Å². The van der Waals surface area contributed by atoms with Gasteiger partial charge < -0.3 is 10.6 Å². The van der Waals surface area contributed by atoms with Crippen molar-refractivity contribution < 1.29 is 14.4 Å². The van der Waals surface area contributed by atoms with E-state index in [-0.39, 0.29) is 29.9 Å². The maximum atomic E-state index is 12.1. The van der Waals surface area contributed by atoms with E-state index in [4.69, 9.17) is 11.6 Å². The van der Waals surface area contributed by atoms with E-state index in [0.717, 1.165) is 5.56 Å². The van der Waals surface area contributed by atoms with E-state index in [0.29, 0.717) is 6.42 Å². The van der Waals surface area contributed by atoms with Crippen LogP contribution in [0.2, 0.25) is 0 Å². The Bertz CT molecular complexity index is 519. The molecule has 2 N–H and O–H groups in total. The number of carbonyl (C=O) groups excluding carboxylic acids is 3. The van der Waals surface area contributed by atoms with Gasteiger partial charge >= 0.3 is 0 Å². The molecule has 1 aromatic carbocycles. The number of hydrogen-bond acceptors (Lipinski definition) is 3. The molecule has 0 radical (unpaired) electrons. The fraction of sp³-hybridized carbons (Fsp3) is 0.438.